The van der Waals surface area contributed by atoms with E-state index >= 15 is 0 Å². The maximum absolute atomic E-state index is 5.82. The van der Waals surface area contributed by atoms with Crippen molar-refractivity contribution in [2.75, 3.05) is 0 Å². The molecular formula is C19H11N3O3. The van der Waals surface area contributed by atoms with Gasteiger partial charge in [0.25, 0.3) is 5.89 Å². The van der Waals surface area contributed by atoms with Crippen molar-refractivity contribution in [3.05, 3.63) is 66.9 Å². The molecule has 2 aromatic carbocycles. The summed E-state index contributed by atoms with van der Waals surface area (Å²) in [7, 11) is 0. The van der Waals surface area contributed by atoms with E-state index in [9.17, 15) is 0 Å². The topological polar surface area (TPSA) is 78.1 Å². The fourth-order valence-electron chi connectivity index (χ4n) is 2.61. The third-order valence-corrected chi connectivity index (χ3v) is 3.82. The van der Waals surface area contributed by atoms with Crippen LogP contribution in [0.1, 0.15) is 0 Å². The predicted molar refractivity (Wildman–Crippen MR) is 90.4 cm³/mol. The first-order valence-corrected chi connectivity index (χ1v) is 7.71. The number of furan rings is 1. The van der Waals surface area contributed by atoms with E-state index in [1.54, 1.807) is 18.4 Å². The molecule has 120 valence electrons. The van der Waals surface area contributed by atoms with Crippen molar-refractivity contribution in [1.82, 2.24) is 15.1 Å². The van der Waals surface area contributed by atoms with Crippen molar-refractivity contribution in [3.63, 3.8) is 0 Å². The van der Waals surface area contributed by atoms with Crippen LogP contribution in [0.15, 0.2) is 80.3 Å². The number of fused-ring (bicyclic) bond motifs is 1. The fraction of sp³-hybridized carbons (Fsp3) is 0. The molecule has 0 aliphatic rings. The van der Waals surface area contributed by atoms with E-state index in [4.69, 9.17) is 13.4 Å². The highest BCUT2D eigenvalue weighted by Crippen LogP contribution is 2.28. The zero-order valence-electron chi connectivity index (χ0n) is 12.9. The second-order valence-electron chi connectivity index (χ2n) is 5.47. The minimum absolute atomic E-state index is 0.338. The minimum atomic E-state index is 0.338. The van der Waals surface area contributed by atoms with Crippen LogP contribution in [0.5, 0.6) is 0 Å². The number of hydrogen-bond acceptors (Lipinski definition) is 6. The van der Waals surface area contributed by atoms with Crippen LogP contribution >= 0.6 is 0 Å². The van der Waals surface area contributed by atoms with E-state index < -0.39 is 0 Å². The van der Waals surface area contributed by atoms with Crippen LogP contribution in [0.3, 0.4) is 0 Å². The Morgan fingerprint density at radius 3 is 2.52 bits per heavy atom. The minimum Gasteiger partial charge on any atom is -0.459 e. The van der Waals surface area contributed by atoms with E-state index in [0.29, 0.717) is 28.9 Å². The van der Waals surface area contributed by atoms with E-state index in [1.165, 1.54) is 0 Å². The Kier molecular flexibility index (Phi) is 3.00. The molecule has 0 saturated heterocycles. The van der Waals surface area contributed by atoms with Gasteiger partial charge >= 0.3 is 0 Å². The summed E-state index contributed by atoms with van der Waals surface area (Å²) in [5.74, 6) is 1.92. The van der Waals surface area contributed by atoms with E-state index in [0.717, 1.165) is 16.6 Å². The van der Waals surface area contributed by atoms with Gasteiger partial charge in [-0.1, -0.05) is 23.4 Å². The largest absolute Gasteiger partial charge is 0.459 e. The first kappa shape index (κ1) is 13.7. The van der Waals surface area contributed by atoms with Gasteiger partial charge in [-0.2, -0.15) is 4.98 Å². The molecule has 25 heavy (non-hydrogen) atoms. The van der Waals surface area contributed by atoms with E-state index in [1.807, 2.05) is 48.5 Å². The summed E-state index contributed by atoms with van der Waals surface area (Å²) in [5, 5.41) is 4.01. The quantitative estimate of drug-likeness (QED) is 0.473. The summed E-state index contributed by atoms with van der Waals surface area (Å²) in [6.07, 6.45) is 1.56. The van der Waals surface area contributed by atoms with Crippen molar-refractivity contribution in [3.8, 4) is 34.5 Å². The normalized spacial score (nSPS) is 11.2. The molecule has 0 amide bonds. The molecule has 0 aliphatic heterocycles. The molecule has 6 heteroatoms. The second-order valence-corrected chi connectivity index (χ2v) is 5.47. The van der Waals surface area contributed by atoms with Crippen LogP contribution in [0.25, 0.3) is 45.6 Å². The Balaban J connectivity index is 1.54. The summed E-state index contributed by atoms with van der Waals surface area (Å²) in [5.41, 5.74) is 3.17. The van der Waals surface area contributed by atoms with Crippen LogP contribution in [0.2, 0.25) is 0 Å². The molecule has 0 N–H and O–H groups in total. The molecule has 5 aromatic rings. The van der Waals surface area contributed by atoms with E-state index in [2.05, 4.69) is 15.1 Å². The maximum atomic E-state index is 5.82. The number of oxazole rings is 1. The van der Waals surface area contributed by atoms with Crippen LogP contribution in [0.4, 0.5) is 0 Å². The Morgan fingerprint density at radius 1 is 0.760 bits per heavy atom. The first-order valence-electron chi connectivity index (χ1n) is 7.71. The lowest BCUT2D eigenvalue weighted by molar-refractivity contribution is 0.417. The van der Waals surface area contributed by atoms with Gasteiger partial charge in [-0.3, -0.25) is 0 Å². The lowest BCUT2D eigenvalue weighted by atomic mass is 10.2. The number of aromatic nitrogens is 3. The third kappa shape index (κ3) is 2.40. The number of hydrogen-bond donors (Lipinski definition) is 0. The van der Waals surface area contributed by atoms with Gasteiger partial charge in [0, 0.05) is 11.1 Å². The van der Waals surface area contributed by atoms with Gasteiger partial charge in [0.15, 0.2) is 11.3 Å². The molecule has 3 heterocycles. The van der Waals surface area contributed by atoms with Crippen molar-refractivity contribution in [2.45, 2.75) is 0 Å². The molecule has 0 atom stereocenters. The predicted octanol–water partition coefficient (Wildman–Crippen LogP) is 4.80. The zero-order valence-corrected chi connectivity index (χ0v) is 12.9. The summed E-state index contributed by atoms with van der Waals surface area (Å²) >= 11 is 0. The molecule has 5 rings (SSSR count). The third-order valence-electron chi connectivity index (χ3n) is 3.82. The Bertz CT molecular complexity index is 1140. The number of nitrogens with zero attached hydrogens (tertiary/aromatic N) is 3. The molecule has 0 bridgehead atoms. The second kappa shape index (κ2) is 5.45. The van der Waals surface area contributed by atoms with Gasteiger partial charge in [-0.25, -0.2) is 4.98 Å². The highest BCUT2D eigenvalue weighted by atomic mass is 16.5. The summed E-state index contributed by atoms with van der Waals surface area (Å²) < 4.78 is 16.3. The summed E-state index contributed by atoms with van der Waals surface area (Å²) in [6.45, 7) is 0. The van der Waals surface area contributed by atoms with Crippen LogP contribution < -0.4 is 0 Å². The van der Waals surface area contributed by atoms with E-state index in [-0.39, 0.29) is 0 Å². The Morgan fingerprint density at radius 2 is 1.68 bits per heavy atom. The highest BCUT2D eigenvalue weighted by Gasteiger charge is 2.14. The Hall–Kier alpha value is -3.67. The molecule has 0 fully saturated rings. The van der Waals surface area contributed by atoms with Crippen LogP contribution in [-0.2, 0) is 0 Å². The molecule has 6 nitrogen and oxygen atoms in total. The average Bonchev–Trinajstić information content (AvgIpc) is 3.40. The molecule has 0 unspecified atom stereocenters. The zero-order chi connectivity index (χ0) is 16.6. The van der Waals surface area contributed by atoms with Crippen molar-refractivity contribution in [2.24, 2.45) is 0 Å². The number of rotatable bonds is 3. The maximum Gasteiger partial charge on any atom is 0.293 e. The summed E-state index contributed by atoms with van der Waals surface area (Å²) in [4.78, 5) is 8.92. The average molecular weight is 329 g/mol. The van der Waals surface area contributed by atoms with Gasteiger partial charge in [0.1, 0.15) is 5.52 Å². The molecule has 0 radical (unpaired) electrons. The molecule has 0 spiro atoms. The number of benzene rings is 2. The lowest BCUT2D eigenvalue weighted by Gasteiger charge is -1.92. The van der Waals surface area contributed by atoms with Crippen molar-refractivity contribution in [1.29, 1.82) is 0 Å². The molecule has 0 aliphatic carbocycles. The standard InChI is InChI=1S/C19H11N3O3/c1-2-5-12(6-3-1)18-20-14-11-13(8-9-15(14)24-18)17-21-19(25-22-17)16-7-4-10-23-16/h1-11H. The van der Waals surface area contributed by atoms with Gasteiger partial charge < -0.3 is 13.4 Å². The van der Waals surface area contributed by atoms with Gasteiger partial charge in [-0.15, -0.1) is 0 Å². The molecular weight excluding hydrogens is 318 g/mol. The molecule has 0 saturated carbocycles. The van der Waals surface area contributed by atoms with Crippen LogP contribution in [-0.4, -0.2) is 15.1 Å². The highest BCUT2D eigenvalue weighted by molar-refractivity contribution is 5.81. The fourth-order valence-corrected chi connectivity index (χ4v) is 2.61. The summed E-state index contributed by atoms with van der Waals surface area (Å²) in [6, 6.07) is 18.9. The molecule has 3 aromatic heterocycles. The van der Waals surface area contributed by atoms with Crippen molar-refractivity contribution < 1.29 is 13.4 Å². The van der Waals surface area contributed by atoms with Crippen LogP contribution in [0, 0.1) is 0 Å². The lowest BCUT2D eigenvalue weighted by Crippen LogP contribution is -1.81. The monoisotopic (exact) mass is 329 g/mol. The van der Waals surface area contributed by atoms with Gasteiger partial charge in [0.2, 0.25) is 11.7 Å². The SMILES string of the molecule is c1ccc(-c2nc3cc(-c4noc(-c5ccco5)n4)ccc3o2)cc1. The van der Waals surface area contributed by atoms with Gasteiger partial charge in [0.05, 0.1) is 6.26 Å². The first-order chi connectivity index (χ1) is 12.4. The van der Waals surface area contributed by atoms with Crippen molar-refractivity contribution >= 4 is 11.1 Å². The smallest absolute Gasteiger partial charge is 0.293 e. The van der Waals surface area contributed by atoms with Gasteiger partial charge in [-0.05, 0) is 42.5 Å². The Labute approximate surface area is 141 Å².